The number of nitrogens with one attached hydrogen (secondary N) is 1. The van der Waals surface area contributed by atoms with Crippen molar-refractivity contribution in [3.63, 3.8) is 0 Å². The molecule has 1 aromatic carbocycles. The minimum Gasteiger partial charge on any atom is -0.384 e. The molecule has 0 unspecified atom stereocenters. The van der Waals surface area contributed by atoms with Gasteiger partial charge in [-0.05, 0) is 24.3 Å². The Morgan fingerprint density at radius 3 is 2.82 bits per heavy atom. The summed E-state index contributed by atoms with van der Waals surface area (Å²) in [4.78, 5) is 3.18. The predicted octanol–water partition coefficient (Wildman–Crippen LogP) is 2.29. The standard InChI is InChI=1S/C12H11FN4/c1-17-12(14)6-11(16-17)10-5-7-4-8(13)2-3-9(7)15-10/h2-6,15H,14H2,1H3. The van der Waals surface area contributed by atoms with Crippen molar-refractivity contribution >= 4 is 16.7 Å². The topological polar surface area (TPSA) is 59.6 Å². The van der Waals surface area contributed by atoms with E-state index < -0.39 is 0 Å². The second-order valence-corrected chi connectivity index (χ2v) is 3.99. The molecule has 0 bridgehead atoms. The molecule has 3 aromatic rings. The lowest BCUT2D eigenvalue weighted by Gasteiger charge is -1.90. The summed E-state index contributed by atoms with van der Waals surface area (Å²) in [5.41, 5.74) is 8.19. The van der Waals surface area contributed by atoms with E-state index in [1.54, 1.807) is 23.9 Å². The van der Waals surface area contributed by atoms with Crippen molar-refractivity contribution in [2.24, 2.45) is 7.05 Å². The Bertz CT molecular complexity index is 676. The predicted molar refractivity (Wildman–Crippen MR) is 64.9 cm³/mol. The second kappa shape index (κ2) is 3.35. The maximum atomic E-state index is 13.1. The molecule has 5 heteroatoms. The number of aromatic amines is 1. The maximum Gasteiger partial charge on any atom is 0.123 e. The van der Waals surface area contributed by atoms with E-state index in [1.165, 1.54) is 12.1 Å². The van der Waals surface area contributed by atoms with E-state index in [-0.39, 0.29) is 5.82 Å². The Kier molecular flexibility index (Phi) is 1.95. The van der Waals surface area contributed by atoms with E-state index in [0.717, 1.165) is 22.3 Å². The van der Waals surface area contributed by atoms with Crippen molar-refractivity contribution in [2.45, 2.75) is 0 Å². The Balaban J connectivity index is 2.17. The van der Waals surface area contributed by atoms with Gasteiger partial charge in [0.25, 0.3) is 0 Å². The van der Waals surface area contributed by atoms with Gasteiger partial charge in [0.1, 0.15) is 17.3 Å². The molecule has 4 nitrogen and oxygen atoms in total. The fourth-order valence-corrected chi connectivity index (χ4v) is 1.85. The fourth-order valence-electron chi connectivity index (χ4n) is 1.85. The van der Waals surface area contributed by atoms with Crippen LogP contribution < -0.4 is 5.73 Å². The van der Waals surface area contributed by atoms with Crippen LogP contribution in [0.25, 0.3) is 22.3 Å². The highest BCUT2D eigenvalue weighted by molar-refractivity contribution is 5.85. The molecular weight excluding hydrogens is 219 g/mol. The van der Waals surface area contributed by atoms with Gasteiger partial charge in [0.2, 0.25) is 0 Å². The largest absolute Gasteiger partial charge is 0.384 e. The highest BCUT2D eigenvalue weighted by atomic mass is 19.1. The molecule has 0 amide bonds. The van der Waals surface area contributed by atoms with Crippen LogP contribution in [0.15, 0.2) is 30.3 Å². The number of hydrogen-bond acceptors (Lipinski definition) is 2. The van der Waals surface area contributed by atoms with Gasteiger partial charge in [0.05, 0.1) is 5.69 Å². The number of nitrogens with zero attached hydrogens (tertiary/aromatic N) is 2. The van der Waals surface area contributed by atoms with Crippen LogP contribution in [0.3, 0.4) is 0 Å². The third-order valence-electron chi connectivity index (χ3n) is 2.77. The summed E-state index contributed by atoms with van der Waals surface area (Å²) in [6.45, 7) is 0. The number of fused-ring (bicyclic) bond motifs is 1. The van der Waals surface area contributed by atoms with E-state index in [4.69, 9.17) is 5.73 Å². The lowest BCUT2D eigenvalue weighted by atomic mass is 10.2. The van der Waals surface area contributed by atoms with E-state index in [9.17, 15) is 4.39 Å². The summed E-state index contributed by atoms with van der Waals surface area (Å²) < 4.78 is 14.7. The van der Waals surface area contributed by atoms with Gasteiger partial charge in [-0.2, -0.15) is 5.10 Å². The van der Waals surface area contributed by atoms with Crippen LogP contribution in [0.4, 0.5) is 10.2 Å². The van der Waals surface area contributed by atoms with Crippen LogP contribution in [0.2, 0.25) is 0 Å². The number of nitrogens with two attached hydrogens (primary N) is 1. The lowest BCUT2D eigenvalue weighted by molar-refractivity contribution is 0.630. The van der Waals surface area contributed by atoms with Crippen molar-refractivity contribution in [2.75, 3.05) is 5.73 Å². The second-order valence-electron chi connectivity index (χ2n) is 3.99. The van der Waals surface area contributed by atoms with Crippen LogP contribution in [-0.2, 0) is 7.05 Å². The molecule has 3 N–H and O–H groups in total. The van der Waals surface area contributed by atoms with Gasteiger partial charge in [-0.3, -0.25) is 4.68 Å². The number of H-pyrrole nitrogens is 1. The molecule has 0 saturated carbocycles. The lowest BCUT2D eigenvalue weighted by Crippen LogP contribution is -1.96. The van der Waals surface area contributed by atoms with Gasteiger partial charge in [0, 0.05) is 24.0 Å². The Morgan fingerprint density at radius 1 is 1.29 bits per heavy atom. The van der Waals surface area contributed by atoms with E-state index >= 15 is 0 Å². The summed E-state index contributed by atoms with van der Waals surface area (Å²) in [6.07, 6.45) is 0. The van der Waals surface area contributed by atoms with Gasteiger partial charge in [-0.1, -0.05) is 0 Å². The van der Waals surface area contributed by atoms with Crippen LogP contribution in [0.1, 0.15) is 0 Å². The number of hydrogen-bond donors (Lipinski definition) is 2. The van der Waals surface area contributed by atoms with Gasteiger partial charge in [0.15, 0.2) is 0 Å². The van der Waals surface area contributed by atoms with Crippen LogP contribution >= 0.6 is 0 Å². The first kappa shape index (κ1) is 9.89. The fraction of sp³-hybridized carbons (Fsp3) is 0.0833. The maximum absolute atomic E-state index is 13.1. The van der Waals surface area contributed by atoms with Gasteiger partial charge < -0.3 is 10.7 Å². The first-order valence-corrected chi connectivity index (χ1v) is 5.21. The van der Waals surface area contributed by atoms with Crippen LogP contribution in [0.5, 0.6) is 0 Å². The van der Waals surface area contributed by atoms with Crippen molar-refractivity contribution in [1.29, 1.82) is 0 Å². The van der Waals surface area contributed by atoms with Crippen LogP contribution in [-0.4, -0.2) is 14.8 Å². The number of aromatic nitrogens is 3. The number of anilines is 1. The Labute approximate surface area is 96.9 Å². The first-order chi connectivity index (χ1) is 8.13. The van der Waals surface area contributed by atoms with Crippen LogP contribution in [0, 0.1) is 5.82 Å². The molecule has 86 valence electrons. The zero-order valence-corrected chi connectivity index (χ0v) is 9.24. The average molecular weight is 230 g/mol. The smallest absolute Gasteiger partial charge is 0.123 e. The highest BCUT2D eigenvalue weighted by Crippen LogP contribution is 2.24. The molecule has 0 aliphatic heterocycles. The minimum atomic E-state index is -0.247. The van der Waals surface area contributed by atoms with Crippen molar-refractivity contribution in [3.8, 4) is 11.4 Å². The molecule has 0 aliphatic carbocycles. The molecule has 0 atom stereocenters. The molecule has 3 rings (SSSR count). The molecule has 17 heavy (non-hydrogen) atoms. The summed E-state index contributed by atoms with van der Waals surface area (Å²) in [5.74, 6) is 0.341. The summed E-state index contributed by atoms with van der Waals surface area (Å²) in [6, 6.07) is 8.26. The van der Waals surface area contributed by atoms with Gasteiger partial charge in [-0.25, -0.2) is 4.39 Å². The number of halogens is 1. The first-order valence-electron chi connectivity index (χ1n) is 5.21. The zero-order chi connectivity index (χ0) is 12.0. The van der Waals surface area contributed by atoms with Gasteiger partial charge >= 0.3 is 0 Å². The quantitative estimate of drug-likeness (QED) is 0.673. The van der Waals surface area contributed by atoms with Crippen molar-refractivity contribution in [3.05, 3.63) is 36.1 Å². The van der Waals surface area contributed by atoms with Crippen molar-refractivity contribution < 1.29 is 4.39 Å². The monoisotopic (exact) mass is 230 g/mol. The number of aryl methyl sites for hydroxylation is 1. The average Bonchev–Trinajstić information content (AvgIpc) is 2.83. The SMILES string of the molecule is Cn1nc(-c2cc3cc(F)ccc3[nH]2)cc1N. The third kappa shape index (κ3) is 1.56. The number of rotatable bonds is 1. The summed E-state index contributed by atoms with van der Waals surface area (Å²) in [5, 5.41) is 5.09. The molecule has 0 saturated heterocycles. The van der Waals surface area contributed by atoms with E-state index in [2.05, 4.69) is 10.1 Å². The highest BCUT2D eigenvalue weighted by Gasteiger charge is 2.08. The molecular formula is C12H11FN4. The molecule has 2 heterocycles. The molecule has 2 aromatic heterocycles. The normalized spacial score (nSPS) is 11.2. The molecule has 0 aliphatic rings. The van der Waals surface area contributed by atoms with Crippen molar-refractivity contribution in [1.82, 2.24) is 14.8 Å². The number of benzene rings is 1. The molecule has 0 fully saturated rings. The van der Waals surface area contributed by atoms with Gasteiger partial charge in [-0.15, -0.1) is 0 Å². The number of nitrogen functional groups attached to an aromatic ring is 1. The minimum absolute atomic E-state index is 0.247. The summed E-state index contributed by atoms with van der Waals surface area (Å²) >= 11 is 0. The Morgan fingerprint density at radius 2 is 2.12 bits per heavy atom. The Hall–Kier alpha value is -2.30. The third-order valence-corrected chi connectivity index (χ3v) is 2.77. The summed E-state index contributed by atoms with van der Waals surface area (Å²) in [7, 11) is 1.78. The molecule has 0 spiro atoms. The zero-order valence-electron chi connectivity index (χ0n) is 9.24. The van der Waals surface area contributed by atoms with E-state index in [0.29, 0.717) is 5.82 Å². The van der Waals surface area contributed by atoms with E-state index in [1.807, 2.05) is 6.07 Å². The molecule has 0 radical (unpaired) electrons.